The highest BCUT2D eigenvalue weighted by molar-refractivity contribution is 5.85. The SMILES string of the molecule is CC(C)(C)OC[C@@]12CNC[C@@H]1[C@@H](C(F)(F)F)C2.Cl. The predicted molar refractivity (Wildman–Crippen MR) is 65.9 cm³/mol. The van der Waals surface area contributed by atoms with E-state index in [0.29, 0.717) is 19.7 Å². The summed E-state index contributed by atoms with van der Waals surface area (Å²) in [7, 11) is 0. The van der Waals surface area contributed by atoms with Crippen molar-refractivity contribution in [2.24, 2.45) is 17.3 Å². The van der Waals surface area contributed by atoms with Gasteiger partial charge in [0.25, 0.3) is 0 Å². The summed E-state index contributed by atoms with van der Waals surface area (Å²) in [6, 6.07) is 0. The van der Waals surface area contributed by atoms with Gasteiger partial charge in [-0.05, 0) is 39.7 Å². The maximum absolute atomic E-state index is 12.7. The molecule has 18 heavy (non-hydrogen) atoms. The van der Waals surface area contributed by atoms with Crippen molar-refractivity contribution >= 4 is 12.4 Å². The molecule has 2 nitrogen and oxygen atoms in total. The van der Waals surface area contributed by atoms with Crippen LogP contribution >= 0.6 is 12.4 Å². The third-order valence-electron chi connectivity index (χ3n) is 3.95. The summed E-state index contributed by atoms with van der Waals surface area (Å²) in [5, 5.41) is 3.08. The van der Waals surface area contributed by atoms with Gasteiger partial charge in [-0.25, -0.2) is 0 Å². The van der Waals surface area contributed by atoms with Gasteiger partial charge >= 0.3 is 6.18 Å². The van der Waals surface area contributed by atoms with Crippen molar-refractivity contribution in [2.75, 3.05) is 19.7 Å². The molecule has 3 atom stereocenters. The Morgan fingerprint density at radius 3 is 2.39 bits per heavy atom. The third-order valence-corrected chi connectivity index (χ3v) is 3.95. The van der Waals surface area contributed by atoms with E-state index in [1.165, 1.54) is 0 Å². The second-order valence-electron chi connectivity index (χ2n) is 6.35. The lowest BCUT2D eigenvalue weighted by Gasteiger charge is -2.51. The van der Waals surface area contributed by atoms with Crippen molar-refractivity contribution in [3.8, 4) is 0 Å². The van der Waals surface area contributed by atoms with E-state index in [-0.39, 0.29) is 35.8 Å². The van der Waals surface area contributed by atoms with Crippen LogP contribution in [0.15, 0.2) is 0 Å². The molecule has 0 aromatic rings. The number of nitrogens with one attached hydrogen (secondary N) is 1. The zero-order valence-electron chi connectivity index (χ0n) is 10.9. The molecule has 1 saturated carbocycles. The fourth-order valence-corrected chi connectivity index (χ4v) is 2.96. The molecular formula is C12H21ClF3NO. The smallest absolute Gasteiger partial charge is 0.375 e. The monoisotopic (exact) mass is 287 g/mol. The molecule has 0 radical (unpaired) electrons. The first-order chi connectivity index (χ1) is 7.64. The van der Waals surface area contributed by atoms with Crippen molar-refractivity contribution < 1.29 is 17.9 Å². The van der Waals surface area contributed by atoms with E-state index in [1.807, 2.05) is 20.8 Å². The number of fused-ring (bicyclic) bond motifs is 1. The molecule has 0 bridgehead atoms. The maximum Gasteiger partial charge on any atom is 0.392 e. The number of ether oxygens (including phenoxy) is 1. The van der Waals surface area contributed by atoms with Crippen LogP contribution in [0.1, 0.15) is 27.2 Å². The number of hydrogen-bond acceptors (Lipinski definition) is 2. The second kappa shape index (κ2) is 4.84. The fourth-order valence-electron chi connectivity index (χ4n) is 2.96. The van der Waals surface area contributed by atoms with E-state index in [4.69, 9.17) is 4.74 Å². The van der Waals surface area contributed by atoms with Gasteiger partial charge in [-0.2, -0.15) is 13.2 Å². The minimum Gasteiger partial charge on any atom is -0.375 e. The molecule has 108 valence electrons. The summed E-state index contributed by atoms with van der Waals surface area (Å²) in [4.78, 5) is 0. The van der Waals surface area contributed by atoms with Crippen molar-refractivity contribution in [1.82, 2.24) is 5.32 Å². The number of alkyl halides is 3. The lowest BCUT2D eigenvalue weighted by molar-refractivity contribution is -0.252. The number of rotatable bonds is 2. The molecule has 1 saturated heterocycles. The largest absolute Gasteiger partial charge is 0.392 e. The van der Waals surface area contributed by atoms with Gasteiger partial charge in [-0.15, -0.1) is 12.4 Å². The maximum atomic E-state index is 12.7. The van der Waals surface area contributed by atoms with Gasteiger partial charge in [-0.3, -0.25) is 0 Å². The predicted octanol–water partition coefficient (Wildman–Crippen LogP) is 3.01. The molecule has 0 spiro atoms. The van der Waals surface area contributed by atoms with E-state index in [0.717, 1.165) is 0 Å². The molecule has 2 fully saturated rings. The Hall–Kier alpha value is -0.0000000000000000555. The molecule has 1 N–H and O–H groups in total. The molecule has 2 aliphatic rings. The first-order valence-corrected chi connectivity index (χ1v) is 6.05. The van der Waals surface area contributed by atoms with Crippen molar-refractivity contribution in [2.45, 2.75) is 39.0 Å². The van der Waals surface area contributed by atoms with Crippen LogP contribution < -0.4 is 5.32 Å². The van der Waals surface area contributed by atoms with E-state index in [1.54, 1.807) is 0 Å². The highest BCUT2D eigenvalue weighted by atomic mass is 35.5. The molecular weight excluding hydrogens is 267 g/mol. The first kappa shape index (κ1) is 16.1. The molecule has 1 heterocycles. The van der Waals surface area contributed by atoms with Gasteiger partial charge in [0.05, 0.1) is 18.1 Å². The van der Waals surface area contributed by atoms with Gasteiger partial charge in [0.2, 0.25) is 0 Å². The molecule has 0 unspecified atom stereocenters. The normalized spacial score (nSPS) is 35.7. The molecule has 0 aromatic heterocycles. The molecule has 1 aliphatic carbocycles. The zero-order chi connectivity index (χ0) is 12.9. The van der Waals surface area contributed by atoms with Crippen LogP contribution in [-0.4, -0.2) is 31.5 Å². The Kier molecular flexibility index (Phi) is 4.31. The molecule has 0 amide bonds. The van der Waals surface area contributed by atoms with Crippen molar-refractivity contribution in [1.29, 1.82) is 0 Å². The summed E-state index contributed by atoms with van der Waals surface area (Å²) in [6.07, 6.45) is -3.84. The lowest BCUT2D eigenvalue weighted by Crippen LogP contribution is -2.56. The number of halogens is 4. The van der Waals surface area contributed by atoms with Crippen molar-refractivity contribution in [3.05, 3.63) is 0 Å². The Labute approximate surface area is 112 Å². The summed E-state index contributed by atoms with van der Waals surface area (Å²) in [5.74, 6) is -1.44. The minimum absolute atomic E-state index is 0. The van der Waals surface area contributed by atoms with Crippen LogP contribution in [0.4, 0.5) is 13.2 Å². The van der Waals surface area contributed by atoms with Gasteiger partial charge in [0.1, 0.15) is 0 Å². The Morgan fingerprint density at radius 1 is 1.28 bits per heavy atom. The number of hydrogen-bond donors (Lipinski definition) is 1. The van der Waals surface area contributed by atoms with Crippen LogP contribution in [0.25, 0.3) is 0 Å². The van der Waals surface area contributed by atoms with Crippen LogP contribution in [0.3, 0.4) is 0 Å². The quantitative estimate of drug-likeness (QED) is 0.843. The highest BCUT2D eigenvalue weighted by Gasteiger charge is 2.64. The molecule has 6 heteroatoms. The topological polar surface area (TPSA) is 21.3 Å². The van der Waals surface area contributed by atoms with Gasteiger partial charge in [0, 0.05) is 12.0 Å². The summed E-state index contributed by atoms with van der Waals surface area (Å²) < 4.78 is 43.8. The van der Waals surface area contributed by atoms with Crippen LogP contribution in [0.5, 0.6) is 0 Å². The van der Waals surface area contributed by atoms with E-state index in [9.17, 15) is 13.2 Å². The highest BCUT2D eigenvalue weighted by Crippen LogP contribution is 2.59. The summed E-state index contributed by atoms with van der Waals surface area (Å²) in [6.45, 7) is 7.35. The van der Waals surface area contributed by atoms with Crippen LogP contribution in [-0.2, 0) is 4.74 Å². The van der Waals surface area contributed by atoms with Crippen LogP contribution in [0, 0.1) is 17.3 Å². The first-order valence-electron chi connectivity index (χ1n) is 6.05. The van der Waals surface area contributed by atoms with E-state index in [2.05, 4.69) is 5.32 Å². The Bertz CT molecular complexity index is 299. The summed E-state index contributed by atoms with van der Waals surface area (Å²) >= 11 is 0. The van der Waals surface area contributed by atoms with Gasteiger partial charge in [-0.1, -0.05) is 0 Å². The average Bonchev–Trinajstić information content (AvgIpc) is 2.38. The Balaban J connectivity index is 0.00000162. The molecule has 1 aliphatic heterocycles. The minimum atomic E-state index is -4.05. The van der Waals surface area contributed by atoms with Gasteiger partial charge < -0.3 is 10.1 Å². The molecule has 0 aromatic carbocycles. The second-order valence-corrected chi connectivity index (χ2v) is 6.35. The fraction of sp³-hybridized carbons (Fsp3) is 1.00. The summed E-state index contributed by atoms with van der Waals surface area (Å²) in [5.41, 5.74) is -0.571. The Morgan fingerprint density at radius 2 is 1.89 bits per heavy atom. The lowest BCUT2D eigenvalue weighted by atomic mass is 9.55. The standard InChI is InChI=1S/C12H20F3NO.ClH/c1-10(2,3)17-7-11-4-8(12(13,14)15)9(11)5-16-6-11;/h8-9,16H,4-7H2,1-3H3;1H/t8-,9+,11+;/m0./s1. The van der Waals surface area contributed by atoms with E-state index >= 15 is 0 Å². The van der Waals surface area contributed by atoms with Gasteiger partial charge in [0.15, 0.2) is 0 Å². The third kappa shape index (κ3) is 2.94. The van der Waals surface area contributed by atoms with Crippen molar-refractivity contribution in [3.63, 3.8) is 0 Å². The van der Waals surface area contributed by atoms with Crippen LogP contribution in [0.2, 0.25) is 0 Å². The molecule has 2 rings (SSSR count). The average molecular weight is 288 g/mol. The zero-order valence-corrected chi connectivity index (χ0v) is 11.8. The van der Waals surface area contributed by atoms with E-state index < -0.39 is 12.1 Å².